The van der Waals surface area contributed by atoms with Gasteiger partial charge in [0.05, 0.1) is 0 Å². The lowest BCUT2D eigenvalue weighted by molar-refractivity contribution is 0.470. The highest BCUT2D eigenvalue weighted by Gasteiger charge is 2.07. The molecule has 1 rings (SSSR count). The Morgan fingerprint density at radius 2 is 2.33 bits per heavy atom. The Balaban J connectivity index is 2.47. The summed E-state index contributed by atoms with van der Waals surface area (Å²) in [6, 6.07) is 4.37. The number of hydrazine groups is 1. The third-order valence-electron chi connectivity index (χ3n) is 2.39. The van der Waals surface area contributed by atoms with E-state index in [4.69, 9.17) is 5.84 Å². The smallest absolute Gasteiger partial charge is 0.0420 e. The molecule has 0 aliphatic rings. The SMILES string of the molecule is CCCCC(Cc1ccc(Br)cn1)NN. The van der Waals surface area contributed by atoms with E-state index in [1.807, 2.05) is 18.3 Å². The molecular weight excluding hydrogens is 254 g/mol. The fourth-order valence-corrected chi connectivity index (χ4v) is 1.71. The Bertz CT molecular complexity index is 274. The lowest BCUT2D eigenvalue weighted by Crippen LogP contribution is -2.36. The van der Waals surface area contributed by atoms with Gasteiger partial charge in [0.25, 0.3) is 0 Å². The molecule has 1 aromatic rings. The van der Waals surface area contributed by atoms with E-state index in [0.717, 1.165) is 23.0 Å². The average Bonchev–Trinajstić information content (AvgIpc) is 2.27. The number of rotatable bonds is 6. The van der Waals surface area contributed by atoms with Gasteiger partial charge in [-0.3, -0.25) is 16.3 Å². The second-order valence-electron chi connectivity index (χ2n) is 3.68. The molecular formula is C11H18BrN3. The molecule has 0 aromatic carbocycles. The maximum atomic E-state index is 5.50. The van der Waals surface area contributed by atoms with E-state index < -0.39 is 0 Å². The molecule has 1 aromatic heterocycles. The standard InChI is InChI=1S/C11H18BrN3/c1-2-3-4-11(15-13)7-10-6-5-9(12)8-14-10/h5-6,8,11,15H,2-4,7,13H2,1H3. The lowest BCUT2D eigenvalue weighted by atomic mass is 10.1. The van der Waals surface area contributed by atoms with Gasteiger partial charge in [0.2, 0.25) is 0 Å². The second-order valence-corrected chi connectivity index (χ2v) is 4.59. The van der Waals surface area contributed by atoms with E-state index >= 15 is 0 Å². The number of aromatic nitrogens is 1. The second kappa shape index (κ2) is 6.93. The van der Waals surface area contributed by atoms with E-state index in [-0.39, 0.29) is 0 Å². The Morgan fingerprint density at radius 3 is 2.87 bits per heavy atom. The zero-order valence-corrected chi connectivity index (χ0v) is 10.6. The number of hydrogen-bond donors (Lipinski definition) is 2. The fourth-order valence-electron chi connectivity index (χ4n) is 1.47. The molecule has 0 bridgehead atoms. The normalized spacial score (nSPS) is 12.7. The molecule has 1 unspecified atom stereocenters. The van der Waals surface area contributed by atoms with Crippen molar-refractivity contribution in [3.05, 3.63) is 28.5 Å². The molecule has 0 aliphatic carbocycles. The van der Waals surface area contributed by atoms with Gasteiger partial charge in [0.15, 0.2) is 0 Å². The van der Waals surface area contributed by atoms with Crippen LogP contribution < -0.4 is 11.3 Å². The van der Waals surface area contributed by atoms with Crippen molar-refractivity contribution < 1.29 is 0 Å². The zero-order chi connectivity index (χ0) is 11.1. The highest BCUT2D eigenvalue weighted by atomic mass is 79.9. The number of nitrogens with one attached hydrogen (secondary N) is 1. The molecule has 1 heterocycles. The van der Waals surface area contributed by atoms with E-state index in [1.54, 1.807) is 0 Å². The third-order valence-corrected chi connectivity index (χ3v) is 2.86. The van der Waals surface area contributed by atoms with Crippen LogP contribution in [0, 0.1) is 0 Å². The topological polar surface area (TPSA) is 50.9 Å². The summed E-state index contributed by atoms with van der Waals surface area (Å²) in [5.74, 6) is 5.50. The first-order chi connectivity index (χ1) is 7.26. The van der Waals surface area contributed by atoms with Gasteiger partial charge in [-0.1, -0.05) is 19.8 Å². The maximum absolute atomic E-state index is 5.50. The summed E-state index contributed by atoms with van der Waals surface area (Å²) in [5, 5.41) is 0. The lowest BCUT2D eigenvalue weighted by Gasteiger charge is -2.14. The quantitative estimate of drug-likeness (QED) is 0.617. The summed E-state index contributed by atoms with van der Waals surface area (Å²) in [6.45, 7) is 2.19. The molecule has 0 aliphatic heterocycles. The molecule has 84 valence electrons. The number of pyridine rings is 1. The molecule has 3 N–H and O–H groups in total. The molecule has 0 amide bonds. The monoisotopic (exact) mass is 271 g/mol. The van der Waals surface area contributed by atoms with Crippen LogP contribution in [0.4, 0.5) is 0 Å². The van der Waals surface area contributed by atoms with Gasteiger partial charge < -0.3 is 0 Å². The minimum Gasteiger partial charge on any atom is -0.271 e. The van der Waals surface area contributed by atoms with Crippen molar-refractivity contribution in [2.75, 3.05) is 0 Å². The van der Waals surface area contributed by atoms with Crippen LogP contribution in [-0.4, -0.2) is 11.0 Å². The van der Waals surface area contributed by atoms with Crippen LogP contribution in [0.2, 0.25) is 0 Å². The van der Waals surface area contributed by atoms with Crippen molar-refractivity contribution in [2.24, 2.45) is 5.84 Å². The maximum Gasteiger partial charge on any atom is 0.0420 e. The van der Waals surface area contributed by atoms with Crippen LogP contribution in [0.3, 0.4) is 0 Å². The molecule has 15 heavy (non-hydrogen) atoms. The molecule has 4 heteroatoms. The van der Waals surface area contributed by atoms with E-state index in [1.165, 1.54) is 12.8 Å². The molecule has 0 saturated carbocycles. The van der Waals surface area contributed by atoms with Crippen LogP contribution in [0.15, 0.2) is 22.8 Å². The zero-order valence-electron chi connectivity index (χ0n) is 9.04. The summed E-state index contributed by atoms with van der Waals surface area (Å²) in [4.78, 5) is 4.33. The predicted molar refractivity (Wildman–Crippen MR) is 66.3 cm³/mol. The molecule has 0 saturated heterocycles. The number of nitrogens with zero attached hydrogens (tertiary/aromatic N) is 1. The Labute approximate surface area is 99.6 Å². The number of halogens is 1. The Hall–Kier alpha value is -0.450. The van der Waals surface area contributed by atoms with Crippen molar-refractivity contribution in [1.29, 1.82) is 0 Å². The minimum absolute atomic E-state index is 0.332. The predicted octanol–water partition coefficient (Wildman–Crippen LogP) is 2.41. The van der Waals surface area contributed by atoms with Crippen molar-refractivity contribution >= 4 is 15.9 Å². The van der Waals surface area contributed by atoms with Gasteiger partial charge in [0.1, 0.15) is 0 Å². The minimum atomic E-state index is 0.332. The van der Waals surface area contributed by atoms with Crippen molar-refractivity contribution in [3.8, 4) is 0 Å². The van der Waals surface area contributed by atoms with Gasteiger partial charge in [-0.25, -0.2) is 0 Å². The van der Waals surface area contributed by atoms with Crippen molar-refractivity contribution in [2.45, 2.75) is 38.6 Å². The van der Waals surface area contributed by atoms with E-state index in [9.17, 15) is 0 Å². The van der Waals surface area contributed by atoms with Crippen LogP contribution >= 0.6 is 15.9 Å². The van der Waals surface area contributed by atoms with E-state index in [0.29, 0.717) is 6.04 Å². The fraction of sp³-hybridized carbons (Fsp3) is 0.545. The van der Waals surface area contributed by atoms with Gasteiger partial charge in [-0.2, -0.15) is 0 Å². The van der Waals surface area contributed by atoms with Crippen LogP contribution in [0.5, 0.6) is 0 Å². The Morgan fingerprint density at radius 1 is 1.53 bits per heavy atom. The molecule has 1 atom stereocenters. The summed E-state index contributed by atoms with van der Waals surface area (Å²) in [7, 11) is 0. The van der Waals surface area contributed by atoms with Gasteiger partial charge in [-0.15, -0.1) is 0 Å². The number of nitrogens with two attached hydrogens (primary N) is 1. The van der Waals surface area contributed by atoms with Crippen molar-refractivity contribution in [1.82, 2.24) is 10.4 Å². The van der Waals surface area contributed by atoms with Crippen LogP contribution in [0.25, 0.3) is 0 Å². The van der Waals surface area contributed by atoms with Gasteiger partial charge in [0, 0.05) is 28.8 Å². The highest BCUT2D eigenvalue weighted by molar-refractivity contribution is 9.10. The number of hydrogen-bond acceptors (Lipinski definition) is 3. The third kappa shape index (κ3) is 4.73. The molecule has 3 nitrogen and oxygen atoms in total. The summed E-state index contributed by atoms with van der Waals surface area (Å²) in [6.07, 6.45) is 6.22. The first kappa shape index (κ1) is 12.6. The van der Waals surface area contributed by atoms with Gasteiger partial charge in [-0.05, 0) is 34.5 Å². The summed E-state index contributed by atoms with van der Waals surface area (Å²) >= 11 is 3.37. The molecule has 0 fully saturated rings. The summed E-state index contributed by atoms with van der Waals surface area (Å²) in [5.41, 5.74) is 3.93. The van der Waals surface area contributed by atoms with Crippen molar-refractivity contribution in [3.63, 3.8) is 0 Å². The molecule has 0 radical (unpaired) electrons. The van der Waals surface area contributed by atoms with Crippen LogP contribution in [-0.2, 0) is 6.42 Å². The first-order valence-electron chi connectivity index (χ1n) is 5.32. The molecule has 0 spiro atoms. The van der Waals surface area contributed by atoms with Crippen LogP contribution in [0.1, 0.15) is 31.9 Å². The first-order valence-corrected chi connectivity index (χ1v) is 6.12. The largest absolute Gasteiger partial charge is 0.271 e. The Kier molecular flexibility index (Phi) is 5.83. The highest BCUT2D eigenvalue weighted by Crippen LogP contribution is 2.10. The van der Waals surface area contributed by atoms with E-state index in [2.05, 4.69) is 33.3 Å². The number of unbranched alkanes of at least 4 members (excludes halogenated alkanes) is 1. The summed E-state index contributed by atoms with van der Waals surface area (Å²) < 4.78 is 1.01. The average molecular weight is 272 g/mol. The van der Waals surface area contributed by atoms with Gasteiger partial charge >= 0.3 is 0 Å².